The van der Waals surface area contributed by atoms with Gasteiger partial charge < -0.3 is 4.74 Å². The van der Waals surface area contributed by atoms with Crippen LogP contribution in [0.5, 0.6) is 0 Å². The molecule has 1 aliphatic heterocycles. The van der Waals surface area contributed by atoms with Gasteiger partial charge in [-0.2, -0.15) is 0 Å². The second-order valence-electron chi connectivity index (χ2n) is 2.97. The first-order chi connectivity index (χ1) is 6.36. The van der Waals surface area contributed by atoms with Gasteiger partial charge in [0.1, 0.15) is 6.33 Å². The second kappa shape index (κ2) is 3.99. The summed E-state index contributed by atoms with van der Waals surface area (Å²) >= 11 is 5.02. The molecule has 72 valence electrons. The minimum absolute atomic E-state index is 0.603. The van der Waals surface area contributed by atoms with Crippen LogP contribution in [-0.2, 0) is 11.4 Å². The molecule has 5 nitrogen and oxygen atoms in total. The van der Waals surface area contributed by atoms with Crippen LogP contribution in [-0.4, -0.2) is 46.0 Å². The van der Waals surface area contributed by atoms with Crippen LogP contribution < -0.4 is 0 Å². The van der Waals surface area contributed by atoms with Crippen molar-refractivity contribution < 1.29 is 4.74 Å². The molecule has 0 radical (unpaired) electrons. The highest BCUT2D eigenvalue weighted by atomic mass is 32.1. The Balaban J connectivity index is 1.97. The summed E-state index contributed by atoms with van der Waals surface area (Å²) in [6.07, 6.45) is 1.61. The van der Waals surface area contributed by atoms with Crippen LogP contribution in [0.25, 0.3) is 0 Å². The fourth-order valence-electron chi connectivity index (χ4n) is 1.32. The molecule has 6 heteroatoms. The Morgan fingerprint density at radius 3 is 2.92 bits per heavy atom. The van der Waals surface area contributed by atoms with E-state index in [1.807, 2.05) is 4.68 Å². The lowest BCUT2D eigenvalue weighted by Gasteiger charge is -2.26. The van der Waals surface area contributed by atoms with Crippen LogP contribution in [0.3, 0.4) is 0 Å². The lowest BCUT2D eigenvalue weighted by molar-refractivity contribution is 0.0210. The Labute approximate surface area is 81.3 Å². The van der Waals surface area contributed by atoms with E-state index >= 15 is 0 Å². The molecule has 1 aliphatic rings. The summed E-state index contributed by atoms with van der Waals surface area (Å²) in [4.78, 5) is 6.22. The van der Waals surface area contributed by atoms with E-state index in [1.165, 1.54) is 0 Å². The number of aromatic nitrogens is 3. The lowest BCUT2D eigenvalue weighted by atomic mass is 10.4. The van der Waals surface area contributed by atoms with E-state index < -0.39 is 0 Å². The number of rotatable bonds is 2. The van der Waals surface area contributed by atoms with Gasteiger partial charge in [0.15, 0.2) is 0 Å². The minimum Gasteiger partial charge on any atom is -0.379 e. The molecule has 0 amide bonds. The van der Waals surface area contributed by atoms with Crippen molar-refractivity contribution in [3.8, 4) is 0 Å². The molecular weight excluding hydrogens is 188 g/mol. The number of morpholine rings is 1. The maximum Gasteiger partial charge on any atom is 0.217 e. The van der Waals surface area contributed by atoms with Crippen molar-refractivity contribution in [1.29, 1.82) is 0 Å². The highest BCUT2D eigenvalue weighted by Crippen LogP contribution is 1.98. The third kappa shape index (κ3) is 2.15. The van der Waals surface area contributed by atoms with E-state index in [0.29, 0.717) is 4.77 Å². The topological polar surface area (TPSA) is 46.1 Å². The molecule has 1 aromatic heterocycles. The van der Waals surface area contributed by atoms with Gasteiger partial charge >= 0.3 is 0 Å². The summed E-state index contributed by atoms with van der Waals surface area (Å²) < 4.78 is 7.70. The predicted molar refractivity (Wildman–Crippen MR) is 49.8 cm³/mol. The Hall–Kier alpha value is -0.720. The molecule has 0 spiro atoms. The van der Waals surface area contributed by atoms with Crippen molar-refractivity contribution in [3.05, 3.63) is 11.1 Å². The Morgan fingerprint density at radius 1 is 1.54 bits per heavy atom. The van der Waals surface area contributed by atoms with Crippen molar-refractivity contribution in [1.82, 2.24) is 19.7 Å². The Bertz CT molecular complexity index is 314. The normalized spacial score (nSPS) is 19.1. The molecule has 2 rings (SSSR count). The number of aromatic amines is 1. The highest BCUT2D eigenvalue weighted by molar-refractivity contribution is 7.71. The smallest absolute Gasteiger partial charge is 0.217 e. The highest BCUT2D eigenvalue weighted by Gasteiger charge is 2.10. The Morgan fingerprint density at radius 2 is 2.31 bits per heavy atom. The Kier molecular flexibility index (Phi) is 2.72. The average Bonchev–Trinajstić information content (AvgIpc) is 2.54. The van der Waals surface area contributed by atoms with Gasteiger partial charge in [-0.3, -0.25) is 10.00 Å². The standard InChI is InChI=1S/C7H12N4OS/c13-7-8-5-9-11(7)6-10-1-3-12-4-2-10/h5H,1-4,6H2,(H,8,9,13). The molecule has 1 saturated heterocycles. The summed E-state index contributed by atoms with van der Waals surface area (Å²) in [6.45, 7) is 4.31. The first kappa shape index (κ1) is 8.86. The van der Waals surface area contributed by atoms with Crippen LogP contribution >= 0.6 is 12.2 Å². The zero-order valence-electron chi connectivity index (χ0n) is 7.27. The van der Waals surface area contributed by atoms with Crippen molar-refractivity contribution in [2.75, 3.05) is 26.3 Å². The number of hydrogen-bond acceptors (Lipinski definition) is 4. The van der Waals surface area contributed by atoms with Crippen molar-refractivity contribution in [2.24, 2.45) is 0 Å². The third-order valence-electron chi connectivity index (χ3n) is 2.06. The van der Waals surface area contributed by atoms with Gasteiger partial charge in [0.2, 0.25) is 4.77 Å². The fraction of sp³-hybridized carbons (Fsp3) is 0.714. The molecule has 0 unspecified atom stereocenters. The van der Waals surface area contributed by atoms with Gasteiger partial charge in [-0.1, -0.05) is 0 Å². The van der Waals surface area contributed by atoms with E-state index in [2.05, 4.69) is 15.0 Å². The van der Waals surface area contributed by atoms with Crippen molar-refractivity contribution in [2.45, 2.75) is 6.67 Å². The van der Waals surface area contributed by atoms with Gasteiger partial charge in [-0.15, -0.1) is 0 Å². The summed E-state index contributed by atoms with van der Waals surface area (Å²) in [5, 5.41) is 2.97. The fourth-order valence-corrected chi connectivity index (χ4v) is 1.49. The van der Waals surface area contributed by atoms with Crippen LogP contribution in [0.2, 0.25) is 0 Å². The third-order valence-corrected chi connectivity index (χ3v) is 2.39. The van der Waals surface area contributed by atoms with Gasteiger partial charge in [-0.05, 0) is 12.2 Å². The van der Waals surface area contributed by atoms with Crippen molar-refractivity contribution >= 4 is 12.2 Å². The number of nitrogens with one attached hydrogen (secondary N) is 1. The molecule has 1 N–H and O–H groups in total. The van der Waals surface area contributed by atoms with E-state index in [-0.39, 0.29) is 0 Å². The average molecular weight is 200 g/mol. The first-order valence-corrected chi connectivity index (χ1v) is 4.67. The molecule has 0 aromatic carbocycles. The number of nitrogens with zero attached hydrogens (tertiary/aromatic N) is 3. The largest absolute Gasteiger partial charge is 0.379 e. The predicted octanol–water partition coefficient (Wildman–Crippen LogP) is 0.230. The monoisotopic (exact) mass is 200 g/mol. The molecule has 1 aromatic rings. The zero-order valence-corrected chi connectivity index (χ0v) is 8.09. The molecule has 0 aliphatic carbocycles. The molecule has 13 heavy (non-hydrogen) atoms. The van der Waals surface area contributed by atoms with Crippen LogP contribution in [0, 0.1) is 4.77 Å². The lowest BCUT2D eigenvalue weighted by Crippen LogP contribution is -2.37. The molecule has 0 bridgehead atoms. The van der Waals surface area contributed by atoms with Crippen LogP contribution in [0.4, 0.5) is 0 Å². The number of ether oxygens (including phenoxy) is 1. The van der Waals surface area contributed by atoms with Crippen LogP contribution in [0.1, 0.15) is 0 Å². The zero-order chi connectivity index (χ0) is 9.10. The van der Waals surface area contributed by atoms with Crippen molar-refractivity contribution in [3.63, 3.8) is 0 Å². The quantitative estimate of drug-likeness (QED) is 0.694. The van der Waals surface area contributed by atoms with Crippen LogP contribution in [0.15, 0.2) is 6.33 Å². The molecular formula is C7H12N4OS. The number of hydrogen-bond donors (Lipinski definition) is 1. The van der Waals surface area contributed by atoms with Gasteiger partial charge in [0.05, 0.1) is 19.9 Å². The van der Waals surface area contributed by atoms with E-state index in [9.17, 15) is 0 Å². The molecule has 1 fully saturated rings. The maximum absolute atomic E-state index is 5.25. The summed E-state index contributed by atoms with van der Waals surface area (Å²) in [5.74, 6) is 0. The SMILES string of the molecule is S=c1nc[nH]n1CN1CCOCC1. The van der Waals surface area contributed by atoms with Gasteiger partial charge in [-0.25, -0.2) is 9.67 Å². The minimum atomic E-state index is 0.603. The summed E-state index contributed by atoms with van der Waals surface area (Å²) in [5.41, 5.74) is 0. The molecule has 0 saturated carbocycles. The summed E-state index contributed by atoms with van der Waals surface area (Å²) in [7, 11) is 0. The first-order valence-electron chi connectivity index (χ1n) is 4.26. The van der Waals surface area contributed by atoms with E-state index in [1.54, 1.807) is 6.33 Å². The maximum atomic E-state index is 5.25. The second-order valence-corrected chi connectivity index (χ2v) is 3.33. The van der Waals surface area contributed by atoms with Gasteiger partial charge in [0, 0.05) is 13.1 Å². The summed E-state index contributed by atoms with van der Waals surface area (Å²) in [6, 6.07) is 0. The van der Waals surface area contributed by atoms with E-state index in [0.717, 1.165) is 33.0 Å². The molecule has 2 heterocycles. The number of H-pyrrole nitrogens is 1. The molecule has 0 atom stereocenters. The van der Waals surface area contributed by atoms with E-state index in [4.69, 9.17) is 17.0 Å². The van der Waals surface area contributed by atoms with Gasteiger partial charge in [0.25, 0.3) is 0 Å².